The Morgan fingerprint density at radius 3 is 2.29 bits per heavy atom. The minimum Gasteiger partial charge on any atom is -0.347 e. The second-order valence-electron chi connectivity index (χ2n) is 11.4. The Bertz CT molecular complexity index is 1210. The lowest BCUT2D eigenvalue weighted by Gasteiger charge is -2.37. The summed E-state index contributed by atoms with van der Waals surface area (Å²) < 4.78 is 38.1. The molecule has 38 heavy (non-hydrogen) atoms. The van der Waals surface area contributed by atoms with E-state index in [0.29, 0.717) is 11.6 Å². The topological polar surface area (TPSA) is 104 Å². The maximum atomic E-state index is 15.5. The van der Waals surface area contributed by atoms with Crippen LogP contribution in [0.3, 0.4) is 0 Å². The van der Waals surface area contributed by atoms with Crippen molar-refractivity contribution in [2.45, 2.75) is 58.2 Å². The fraction of sp³-hybridized carbons (Fsp3) is 0.593. The molecule has 0 saturated carbocycles. The van der Waals surface area contributed by atoms with Crippen LogP contribution in [-0.2, 0) is 24.2 Å². The highest BCUT2D eigenvalue weighted by atomic mass is 35.5. The summed E-state index contributed by atoms with van der Waals surface area (Å²) in [5.74, 6) is -1.91. The van der Waals surface area contributed by atoms with Gasteiger partial charge in [0.2, 0.25) is 11.8 Å². The maximum Gasteiger partial charge on any atom is 0.258 e. The number of rotatable bonds is 6. The van der Waals surface area contributed by atoms with Gasteiger partial charge in [-0.2, -0.15) is 0 Å². The lowest BCUT2D eigenvalue weighted by atomic mass is 9.86. The second kappa shape index (κ2) is 11.3. The molecule has 2 fully saturated rings. The van der Waals surface area contributed by atoms with Gasteiger partial charge in [-0.25, -0.2) is 12.8 Å². The molecule has 1 aromatic carbocycles. The molecule has 0 spiro atoms. The minimum atomic E-state index is -3.37. The van der Waals surface area contributed by atoms with Crippen molar-refractivity contribution >= 4 is 39.2 Å². The Balaban J connectivity index is 1.72. The van der Waals surface area contributed by atoms with Crippen molar-refractivity contribution in [1.82, 2.24) is 15.1 Å². The maximum absolute atomic E-state index is 15.5. The fourth-order valence-electron chi connectivity index (χ4n) is 4.97. The minimum absolute atomic E-state index is 0.0509. The number of nitrogens with one attached hydrogen (secondary N) is 1. The van der Waals surface area contributed by atoms with Gasteiger partial charge in [-0.1, -0.05) is 56.6 Å². The molecule has 1 aromatic rings. The van der Waals surface area contributed by atoms with Gasteiger partial charge >= 0.3 is 0 Å². The lowest BCUT2D eigenvalue weighted by Crippen LogP contribution is -2.54. The smallest absolute Gasteiger partial charge is 0.258 e. The average Bonchev–Trinajstić information content (AvgIpc) is 3.26. The Hall–Kier alpha value is -2.46. The molecular formula is C27H37ClFN3O5S. The van der Waals surface area contributed by atoms with E-state index in [-0.39, 0.29) is 50.2 Å². The van der Waals surface area contributed by atoms with Crippen molar-refractivity contribution in [3.8, 4) is 0 Å². The first-order valence-electron chi connectivity index (χ1n) is 12.7. The number of nitrogens with zero attached hydrogens (tertiary/aromatic N) is 2. The normalized spacial score (nSPS) is 22.9. The molecule has 2 aliphatic heterocycles. The third-order valence-electron chi connectivity index (χ3n) is 7.12. The van der Waals surface area contributed by atoms with Crippen molar-refractivity contribution in [2.75, 3.05) is 32.4 Å². The Labute approximate surface area is 229 Å². The first kappa shape index (κ1) is 30.1. The molecule has 2 aliphatic rings. The number of benzene rings is 1. The van der Waals surface area contributed by atoms with E-state index in [2.05, 4.69) is 5.32 Å². The number of hydrogen-bond acceptors (Lipinski definition) is 5. The molecule has 3 rings (SSSR count). The molecule has 0 bridgehead atoms. The van der Waals surface area contributed by atoms with Crippen LogP contribution in [0.4, 0.5) is 4.39 Å². The van der Waals surface area contributed by atoms with Crippen LogP contribution in [0.15, 0.2) is 35.7 Å². The number of alkyl halides is 1. The number of piperidine rings is 1. The van der Waals surface area contributed by atoms with Crippen LogP contribution in [0, 0.1) is 11.3 Å². The van der Waals surface area contributed by atoms with E-state index in [4.69, 9.17) is 11.6 Å². The molecule has 8 nitrogen and oxygen atoms in total. The van der Waals surface area contributed by atoms with Gasteiger partial charge in [-0.05, 0) is 18.6 Å². The lowest BCUT2D eigenvalue weighted by molar-refractivity contribution is -0.145. The highest BCUT2D eigenvalue weighted by Gasteiger charge is 2.47. The summed E-state index contributed by atoms with van der Waals surface area (Å²) in [6.45, 7) is 7.77. The molecule has 3 amide bonds. The van der Waals surface area contributed by atoms with Gasteiger partial charge in [0.1, 0.15) is 0 Å². The fourth-order valence-corrected chi connectivity index (χ4v) is 5.77. The highest BCUT2D eigenvalue weighted by molar-refractivity contribution is 7.93. The third kappa shape index (κ3) is 7.14. The van der Waals surface area contributed by atoms with Crippen LogP contribution in [0.25, 0.3) is 0 Å². The first-order valence-corrected chi connectivity index (χ1v) is 15.1. The van der Waals surface area contributed by atoms with E-state index in [1.165, 1.54) is 6.08 Å². The number of carbonyl (C=O) groups excluding carboxylic acids is 3. The van der Waals surface area contributed by atoms with E-state index in [0.717, 1.165) is 17.2 Å². The van der Waals surface area contributed by atoms with Gasteiger partial charge in [0, 0.05) is 73.1 Å². The highest BCUT2D eigenvalue weighted by Crippen LogP contribution is 2.39. The van der Waals surface area contributed by atoms with Crippen LogP contribution in [-0.4, -0.2) is 80.1 Å². The molecule has 0 aliphatic carbocycles. The van der Waals surface area contributed by atoms with Gasteiger partial charge in [0.05, 0.1) is 5.92 Å². The van der Waals surface area contributed by atoms with Gasteiger partial charge in [-0.3, -0.25) is 14.4 Å². The van der Waals surface area contributed by atoms with Crippen LogP contribution in [0.5, 0.6) is 0 Å². The van der Waals surface area contributed by atoms with E-state index >= 15 is 4.39 Å². The molecule has 2 heterocycles. The molecule has 0 unspecified atom stereocenters. The number of hydrogen-bond donors (Lipinski definition) is 1. The predicted molar refractivity (Wildman–Crippen MR) is 145 cm³/mol. The molecule has 3 atom stereocenters. The first-order chi connectivity index (χ1) is 17.5. The van der Waals surface area contributed by atoms with E-state index in [1.54, 1.807) is 22.8 Å². The van der Waals surface area contributed by atoms with Crippen LogP contribution in [0.2, 0.25) is 5.02 Å². The summed E-state index contributed by atoms with van der Waals surface area (Å²) in [7, 11) is -3.37. The largest absolute Gasteiger partial charge is 0.347 e. The van der Waals surface area contributed by atoms with Crippen molar-refractivity contribution in [3.05, 3.63) is 46.3 Å². The Kier molecular flexibility index (Phi) is 8.98. The summed E-state index contributed by atoms with van der Waals surface area (Å²) in [4.78, 5) is 42.7. The van der Waals surface area contributed by atoms with Crippen molar-refractivity contribution in [3.63, 3.8) is 0 Å². The standard InChI is InChI=1S/C27H37ClFN3O5S/c1-18(10-15-38(5,36)37)30-24(34)27(29)11-13-31(14-12-27)23(33)21-17-32(25(35)26(2,3)4)16-20(21)19-8-6-7-9-22(19)28/h6-10,15,18,20-21H,11-14,16-17H2,1-5H3,(H,30,34)/b15-10-/t18-,20+,21+/m1/s1. The summed E-state index contributed by atoms with van der Waals surface area (Å²) in [6, 6.07) is 6.61. The van der Waals surface area contributed by atoms with Gasteiger partial charge in [0.15, 0.2) is 15.5 Å². The van der Waals surface area contributed by atoms with Crippen LogP contribution < -0.4 is 5.32 Å². The number of amides is 3. The SMILES string of the molecule is C[C@H](/C=C\S(C)(=O)=O)NC(=O)C1(F)CCN(C(=O)[C@H]2CN(C(=O)C(C)(C)C)C[C@H]2c2ccccc2Cl)CC1. The molecule has 0 aromatic heterocycles. The summed E-state index contributed by atoms with van der Waals surface area (Å²) in [5.41, 5.74) is -1.98. The monoisotopic (exact) mass is 569 g/mol. The predicted octanol–water partition coefficient (Wildman–Crippen LogP) is 3.32. The average molecular weight is 570 g/mol. The van der Waals surface area contributed by atoms with E-state index < -0.39 is 38.8 Å². The van der Waals surface area contributed by atoms with Crippen LogP contribution in [0.1, 0.15) is 52.0 Å². The van der Waals surface area contributed by atoms with E-state index in [9.17, 15) is 22.8 Å². The quantitative estimate of drug-likeness (QED) is 0.566. The summed E-state index contributed by atoms with van der Waals surface area (Å²) >= 11 is 6.48. The number of sulfone groups is 1. The van der Waals surface area contributed by atoms with Crippen molar-refractivity contribution < 1.29 is 27.2 Å². The number of carbonyl (C=O) groups is 3. The Morgan fingerprint density at radius 1 is 1.13 bits per heavy atom. The molecular weight excluding hydrogens is 533 g/mol. The number of halogens is 2. The molecule has 11 heteroatoms. The van der Waals surface area contributed by atoms with Crippen LogP contribution >= 0.6 is 11.6 Å². The van der Waals surface area contributed by atoms with Crippen molar-refractivity contribution in [2.24, 2.45) is 11.3 Å². The zero-order valence-electron chi connectivity index (χ0n) is 22.5. The Morgan fingerprint density at radius 2 is 1.74 bits per heavy atom. The zero-order valence-corrected chi connectivity index (χ0v) is 24.1. The summed E-state index contributed by atoms with van der Waals surface area (Å²) in [5, 5.41) is 3.99. The van der Waals surface area contributed by atoms with Gasteiger partial charge < -0.3 is 15.1 Å². The zero-order chi connectivity index (χ0) is 28.5. The molecule has 2 saturated heterocycles. The molecule has 0 radical (unpaired) electrons. The van der Waals surface area contributed by atoms with E-state index in [1.807, 2.05) is 39.0 Å². The molecule has 210 valence electrons. The third-order valence-corrected chi connectivity index (χ3v) is 8.11. The van der Waals surface area contributed by atoms with Gasteiger partial charge in [0.25, 0.3) is 5.91 Å². The summed E-state index contributed by atoms with van der Waals surface area (Å²) in [6.07, 6.45) is 1.96. The van der Waals surface area contributed by atoms with Gasteiger partial charge in [-0.15, -0.1) is 0 Å². The second-order valence-corrected chi connectivity index (χ2v) is 13.7. The molecule has 1 N–H and O–H groups in total. The number of likely N-dealkylation sites (tertiary alicyclic amines) is 2. The van der Waals surface area contributed by atoms with Crippen molar-refractivity contribution in [1.29, 1.82) is 0 Å².